The molecule has 2 bridgehead atoms. The minimum Gasteiger partial charge on any atom is -0.394 e. The van der Waals surface area contributed by atoms with E-state index in [1.165, 1.54) is 0 Å². The van der Waals surface area contributed by atoms with E-state index in [1.807, 2.05) is 0 Å². The van der Waals surface area contributed by atoms with Crippen LogP contribution in [0.15, 0.2) is 0 Å². The van der Waals surface area contributed by atoms with Crippen molar-refractivity contribution in [3.8, 4) is 0 Å². The average Bonchev–Trinajstić information content (AvgIpc) is 2.81. The molecule has 0 unspecified atom stereocenters. The van der Waals surface area contributed by atoms with Crippen LogP contribution in [0.1, 0.15) is 6.42 Å². The lowest BCUT2D eigenvalue weighted by atomic mass is 9.86. The zero-order valence-corrected chi connectivity index (χ0v) is 12.0. The fourth-order valence-corrected chi connectivity index (χ4v) is 2.79. The molecular formula is C12H20B2O8. The van der Waals surface area contributed by atoms with Crippen LogP contribution in [0.2, 0.25) is 0 Å². The van der Waals surface area contributed by atoms with E-state index in [0.717, 1.165) is 0 Å². The first kappa shape index (κ1) is 18.2. The largest absolute Gasteiger partial charge is 0.394 e. The lowest BCUT2D eigenvalue weighted by Gasteiger charge is -2.34. The summed E-state index contributed by atoms with van der Waals surface area (Å²) in [4.78, 5) is 0. The van der Waals surface area contributed by atoms with E-state index in [1.54, 1.807) is 0 Å². The van der Waals surface area contributed by atoms with Gasteiger partial charge in [0.25, 0.3) is 0 Å². The van der Waals surface area contributed by atoms with Crippen molar-refractivity contribution in [1.82, 2.24) is 0 Å². The smallest absolute Gasteiger partial charge is 0.121 e. The molecule has 0 aromatic heterocycles. The number of fused-ring (bicyclic) bond motifs is 2. The molecule has 0 aromatic rings. The van der Waals surface area contributed by atoms with Crippen molar-refractivity contribution in [2.75, 3.05) is 19.8 Å². The summed E-state index contributed by atoms with van der Waals surface area (Å²) in [5.41, 5.74) is -0.873. The van der Waals surface area contributed by atoms with Crippen LogP contribution in [-0.2, 0) is 14.2 Å². The van der Waals surface area contributed by atoms with Gasteiger partial charge >= 0.3 is 0 Å². The van der Waals surface area contributed by atoms with E-state index in [-0.39, 0.29) is 13.2 Å². The Morgan fingerprint density at radius 2 is 1.73 bits per heavy atom. The van der Waals surface area contributed by atoms with Crippen LogP contribution in [0.5, 0.6) is 0 Å². The van der Waals surface area contributed by atoms with Crippen molar-refractivity contribution in [2.45, 2.75) is 54.5 Å². The van der Waals surface area contributed by atoms with Crippen molar-refractivity contribution in [3.05, 3.63) is 0 Å². The third-order valence-corrected chi connectivity index (χ3v) is 4.23. The van der Waals surface area contributed by atoms with Gasteiger partial charge in [-0.05, 0) is 0 Å². The Morgan fingerprint density at radius 3 is 2.14 bits per heavy atom. The van der Waals surface area contributed by atoms with Crippen LogP contribution >= 0.6 is 0 Å². The second-order valence-electron chi connectivity index (χ2n) is 5.64. The number of hydrogen-bond acceptors (Lipinski definition) is 8. The van der Waals surface area contributed by atoms with Gasteiger partial charge in [0.15, 0.2) is 0 Å². The molecule has 10 heteroatoms. The highest BCUT2D eigenvalue weighted by Crippen LogP contribution is 2.38. The average molecular weight is 314 g/mol. The molecular weight excluding hydrogens is 294 g/mol. The third kappa shape index (κ3) is 3.20. The summed E-state index contributed by atoms with van der Waals surface area (Å²) >= 11 is 0. The maximum Gasteiger partial charge on any atom is 0.121 e. The molecule has 5 N–H and O–H groups in total. The number of hydrogen-bond donors (Lipinski definition) is 5. The Balaban J connectivity index is 0.000000164. The third-order valence-electron chi connectivity index (χ3n) is 4.23. The summed E-state index contributed by atoms with van der Waals surface area (Å²) in [6.45, 7) is -0.0519. The molecule has 3 aliphatic rings. The standard InChI is InChI=1S/C7H11BO4.C5H9BO4/c8-6-4-5(10)7(3-9,12-6)1-2-11-4;6-5-4(9)3(8)2(1-7)10-5/h4-6,9-10H,1-3H2;2-5,7-9H,1H2/t4-,5+,6-,7-;2-,3+,4-,5-/m11/s1. The van der Waals surface area contributed by atoms with Gasteiger partial charge < -0.3 is 39.7 Å². The maximum absolute atomic E-state index is 9.64. The summed E-state index contributed by atoms with van der Waals surface area (Å²) < 4.78 is 15.3. The zero-order chi connectivity index (χ0) is 16.5. The molecule has 3 fully saturated rings. The Morgan fingerprint density at radius 1 is 1.05 bits per heavy atom. The minimum atomic E-state index is -1.09. The first-order valence-electron chi connectivity index (χ1n) is 7.08. The number of ether oxygens (including phenoxy) is 3. The minimum absolute atomic E-state index is 0.207. The molecule has 3 rings (SSSR count). The predicted octanol–water partition coefficient (Wildman–Crippen LogP) is -4.01. The summed E-state index contributed by atoms with van der Waals surface area (Å²) in [7, 11) is 10.7. The lowest BCUT2D eigenvalue weighted by molar-refractivity contribution is -0.138. The molecule has 22 heavy (non-hydrogen) atoms. The first-order chi connectivity index (χ1) is 10.4. The Hall–Kier alpha value is -0.190. The van der Waals surface area contributed by atoms with Crippen molar-refractivity contribution in [2.24, 2.45) is 0 Å². The predicted molar refractivity (Wildman–Crippen MR) is 74.3 cm³/mol. The molecule has 0 aromatic carbocycles. The van der Waals surface area contributed by atoms with Crippen LogP contribution in [0.3, 0.4) is 0 Å². The highest BCUT2D eigenvalue weighted by molar-refractivity contribution is 6.12. The quantitative estimate of drug-likeness (QED) is 0.326. The van der Waals surface area contributed by atoms with E-state index in [9.17, 15) is 5.11 Å². The van der Waals surface area contributed by atoms with Gasteiger partial charge in [-0.25, -0.2) is 0 Å². The highest BCUT2D eigenvalue weighted by Gasteiger charge is 2.55. The molecule has 4 radical (unpaired) electrons. The molecule has 3 heterocycles. The van der Waals surface area contributed by atoms with Crippen LogP contribution < -0.4 is 0 Å². The van der Waals surface area contributed by atoms with Crippen LogP contribution in [0.4, 0.5) is 0 Å². The van der Waals surface area contributed by atoms with Crippen molar-refractivity contribution < 1.29 is 39.7 Å². The molecule has 3 aliphatic heterocycles. The van der Waals surface area contributed by atoms with Gasteiger partial charge in [-0.1, -0.05) is 0 Å². The van der Waals surface area contributed by atoms with Crippen LogP contribution in [-0.4, -0.2) is 109 Å². The number of aliphatic hydroxyl groups is 5. The van der Waals surface area contributed by atoms with Gasteiger partial charge in [0.05, 0.1) is 25.9 Å². The van der Waals surface area contributed by atoms with E-state index < -0.39 is 48.1 Å². The highest BCUT2D eigenvalue weighted by atomic mass is 16.6. The molecule has 0 amide bonds. The Labute approximate surface area is 130 Å². The fraction of sp³-hybridized carbons (Fsp3) is 1.00. The van der Waals surface area contributed by atoms with E-state index in [2.05, 4.69) is 0 Å². The molecule has 0 aliphatic carbocycles. The van der Waals surface area contributed by atoms with E-state index >= 15 is 0 Å². The van der Waals surface area contributed by atoms with Gasteiger partial charge in [0.1, 0.15) is 45.7 Å². The summed E-state index contributed by atoms with van der Waals surface area (Å²) in [6, 6.07) is -1.50. The summed E-state index contributed by atoms with van der Waals surface area (Å²) in [5.74, 6) is 0. The molecule has 8 nitrogen and oxygen atoms in total. The second-order valence-corrected chi connectivity index (χ2v) is 5.64. The molecule has 122 valence electrons. The van der Waals surface area contributed by atoms with E-state index in [0.29, 0.717) is 13.0 Å². The Kier molecular flexibility index (Phi) is 5.89. The first-order valence-corrected chi connectivity index (χ1v) is 7.08. The molecule has 0 saturated carbocycles. The van der Waals surface area contributed by atoms with Gasteiger partial charge in [0.2, 0.25) is 0 Å². The van der Waals surface area contributed by atoms with Gasteiger partial charge in [-0.3, -0.25) is 0 Å². The SMILES string of the molecule is [B][C@@H]1O[C@@]2(CO)CCO[C@@H]1[C@@H]2O.[B][C@@H]1O[C@H](CO)[C@H](O)[C@H]1O. The van der Waals surface area contributed by atoms with Gasteiger partial charge in [-0.2, -0.15) is 0 Å². The fourth-order valence-electron chi connectivity index (χ4n) is 2.79. The monoisotopic (exact) mass is 314 g/mol. The van der Waals surface area contributed by atoms with Crippen molar-refractivity contribution in [3.63, 3.8) is 0 Å². The van der Waals surface area contributed by atoms with E-state index in [4.69, 9.17) is 50.3 Å². The lowest BCUT2D eigenvalue weighted by Crippen LogP contribution is -2.51. The molecule has 3 saturated heterocycles. The molecule has 0 spiro atoms. The van der Waals surface area contributed by atoms with Crippen molar-refractivity contribution >= 4 is 15.7 Å². The van der Waals surface area contributed by atoms with Gasteiger partial charge in [0, 0.05) is 18.4 Å². The van der Waals surface area contributed by atoms with Crippen LogP contribution in [0.25, 0.3) is 0 Å². The summed E-state index contributed by atoms with van der Waals surface area (Å²) in [5, 5.41) is 45.2. The Bertz CT molecular complexity index is 375. The second kappa shape index (κ2) is 7.14. The number of rotatable bonds is 2. The van der Waals surface area contributed by atoms with Crippen LogP contribution in [0, 0.1) is 0 Å². The van der Waals surface area contributed by atoms with Gasteiger partial charge in [-0.15, -0.1) is 0 Å². The molecule has 8 atom stereocenters. The summed E-state index contributed by atoms with van der Waals surface area (Å²) in [6.07, 6.45) is -3.69. The topological polar surface area (TPSA) is 129 Å². The number of aliphatic hydroxyl groups excluding tert-OH is 5. The zero-order valence-electron chi connectivity index (χ0n) is 12.0. The maximum atomic E-state index is 9.64. The normalized spacial score (nSPS) is 50.5. The van der Waals surface area contributed by atoms with Crippen molar-refractivity contribution in [1.29, 1.82) is 0 Å².